The summed E-state index contributed by atoms with van der Waals surface area (Å²) in [5, 5.41) is 8.43. The second-order valence-corrected chi connectivity index (χ2v) is 5.98. The predicted octanol–water partition coefficient (Wildman–Crippen LogP) is -2.13. The average Bonchev–Trinajstić information content (AvgIpc) is 2.28. The number of hydrogen-bond acceptors (Lipinski definition) is 4. The Morgan fingerprint density at radius 1 is 1.10 bits per heavy atom. The van der Waals surface area contributed by atoms with Crippen LogP contribution in [0.4, 0.5) is 0 Å². The van der Waals surface area contributed by atoms with E-state index in [1.165, 1.54) is 11.9 Å². The smallest absolute Gasteiger partial charge is 1.00 e. The van der Waals surface area contributed by atoms with Gasteiger partial charge in [-0.15, -0.1) is 0 Å². The number of unbranched alkanes of at least 4 members (excludes halogenated alkanes) is 3. The Morgan fingerprint density at radius 2 is 1.60 bits per heavy atom. The molecular formula is C11H22NNaO6S. The molecule has 0 aliphatic rings. The molecule has 114 valence electrons. The Balaban J connectivity index is -0.00000162. The minimum atomic E-state index is -4.04. The molecule has 0 aromatic carbocycles. The van der Waals surface area contributed by atoms with Gasteiger partial charge in [0.1, 0.15) is 0 Å². The molecule has 2 N–H and O–H groups in total. The van der Waals surface area contributed by atoms with Crippen LogP contribution in [0.2, 0.25) is 0 Å². The van der Waals surface area contributed by atoms with Crippen LogP contribution in [0.1, 0.15) is 40.0 Å². The maximum atomic E-state index is 11.6. The Kier molecular flexibility index (Phi) is 12.7. The molecule has 1 amide bonds. The van der Waals surface area contributed by atoms with E-state index in [-0.39, 0.29) is 49.9 Å². The molecule has 0 saturated heterocycles. The van der Waals surface area contributed by atoms with Crippen LogP contribution in [0, 0.1) is 0 Å². The van der Waals surface area contributed by atoms with Crippen LogP contribution in [-0.4, -0.2) is 54.2 Å². The van der Waals surface area contributed by atoms with E-state index < -0.39 is 21.8 Å². The van der Waals surface area contributed by atoms with Gasteiger partial charge in [-0.05, 0) is 12.8 Å². The Hall–Kier alpha value is -0.150. The minimum absolute atomic E-state index is 0. The number of amides is 1. The van der Waals surface area contributed by atoms with Crippen molar-refractivity contribution >= 4 is 22.0 Å². The topological polar surface area (TPSA) is 112 Å². The zero-order valence-corrected chi connectivity index (χ0v) is 14.9. The van der Waals surface area contributed by atoms with Gasteiger partial charge in [0.15, 0.2) is 0 Å². The van der Waals surface area contributed by atoms with Crippen LogP contribution in [0.25, 0.3) is 0 Å². The van der Waals surface area contributed by atoms with Crippen LogP contribution < -0.4 is 29.6 Å². The first-order valence-corrected chi connectivity index (χ1v) is 7.74. The molecular weight excluding hydrogens is 297 g/mol. The number of carbonyl (C=O) groups is 2. The largest absolute Gasteiger partial charge is 1.00 e. The second kappa shape index (κ2) is 11.5. The van der Waals surface area contributed by atoms with Gasteiger partial charge in [-0.2, -0.15) is 8.42 Å². The Bertz CT molecular complexity index is 404. The number of nitrogens with zero attached hydrogens (tertiary/aromatic N) is 1. The average molecular weight is 319 g/mol. The van der Waals surface area contributed by atoms with E-state index in [1.807, 2.05) is 0 Å². The van der Waals surface area contributed by atoms with Crippen molar-refractivity contribution in [2.24, 2.45) is 0 Å². The summed E-state index contributed by atoms with van der Waals surface area (Å²) >= 11 is 0. The molecule has 0 unspecified atom stereocenters. The first-order chi connectivity index (χ1) is 8.72. The second-order valence-electron chi connectivity index (χ2n) is 4.41. The van der Waals surface area contributed by atoms with E-state index in [2.05, 4.69) is 0 Å². The fraction of sp³-hybridized carbons (Fsp3) is 0.818. The Labute approximate surface area is 143 Å². The third-order valence-corrected chi connectivity index (χ3v) is 3.34. The van der Waals surface area contributed by atoms with Crippen molar-refractivity contribution in [3.05, 3.63) is 0 Å². The number of carbonyl (C=O) groups excluding carboxylic acids is 1. The van der Waals surface area contributed by atoms with E-state index in [0.717, 1.165) is 12.8 Å². The predicted molar refractivity (Wildman–Crippen MR) is 70.5 cm³/mol. The van der Waals surface area contributed by atoms with E-state index in [0.29, 0.717) is 19.3 Å². The monoisotopic (exact) mass is 319 g/mol. The van der Waals surface area contributed by atoms with E-state index in [4.69, 9.17) is 9.66 Å². The van der Waals surface area contributed by atoms with Crippen LogP contribution >= 0.6 is 0 Å². The number of aliphatic carboxylic acids is 1. The molecule has 0 radical (unpaired) electrons. The molecule has 9 heteroatoms. The third-order valence-electron chi connectivity index (χ3n) is 2.64. The van der Waals surface area contributed by atoms with Gasteiger partial charge in [-0.25, -0.2) is 0 Å². The van der Waals surface area contributed by atoms with Crippen LogP contribution in [0.5, 0.6) is 0 Å². The fourth-order valence-electron chi connectivity index (χ4n) is 1.47. The van der Waals surface area contributed by atoms with Gasteiger partial charge in [0.05, 0.1) is 5.75 Å². The summed E-state index contributed by atoms with van der Waals surface area (Å²) in [7, 11) is -2.56. The van der Waals surface area contributed by atoms with Crippen molar-refractivity contribution in [1.82, 2.24) is 4.90 Å². The van der Waals surface area contributed by atoms with E-state index >= 15 is 0 Å². The third kappa shape index (κ3) is 14.3. The molecule has 0 aromatic heterocycles. The standard InChI is InChI=1S/C11H21NO6S.Na.H/c1-12(8-9-19(16,17)18)10(13)6-4-2-3-5-7-11(14)15;;/h2-9H2,1H3,(H,14,15)(H,16,17,18);;/q;+1;-1. The number of hydrogen-bond donors (Lipinski definition) is 2. The zero-order chi connectivity index (χ0) is 14.9. The quantitative estimate of drug-likeness (QED) is 0.270. The summed E-state index contributed by atoms with van der Waals surface area (Å²) in [6, 6.07) is 0. The molecule has 0 aliphatic heterocycles. The van der Waals surface area contributed by atoms with E-state index in [1.54, 1.807) is 0 Å². The molecule has 7 nitrogen and oxygen atoms in total. The van der Waals surface area contributed by atoms with Crippen LogP contribution in [0.3, 0.4) is 0 Å². The van der Waals surface area contributed by atoms with Crippen LogP contribution in [0.15, 0.2) is 0 Å². The first-order valence-electron chi connectivity index (χ1n) is 6.13. The van der Waals surface area contributed by atoms with Gasteiger partial charge in [-0.3, -0.25) is 14.1 Å². The van der Waals surface area contributed by atoms with E-state index in [9.17, 15) is 18.0 Å². The SMILES string of the molecule is CN(CCS(=O)(=O)O)C(=O)CCCCCCC(=O)O.[H-].[Na+]. The molecule has 0 bridgehead atoms. The van der Waals surface area contributed by atoms with Gasteiger partial charge >= 0.3 is 35.5 Å². The summed E-state index contributed by atoms with van der Waals surface area (Å²) in [6.07, 6.45) is 3.22. The number of carboxylic acid groups (broad SMARTS) is 1. The molecule has 0 fully saturated rings. The summed E-state index contributed by atoms with van der Waals surface area (Å²) in [5.41, 5.74) is 0. The minimum Gasteiger partial charge on any atom is -1.00 e. The molecule has 0 spiro atoms. The molecule has 0 heterocycles. The number of carboxylic acids is 1. The van der Waals surface area contributed by atoms with Crippen molar-refractivity contribution in [2.75, 3.05) is 19.3 Å². The summed E-state index contributed by atoms with van der Waals surface area (Å²) in [5.74, 6) is -1.46. The zero-order valence-electron chi connectivity index (χ0n) is 13.0. The van der Waals surface area contributed by atoms with Gasteiger partial charge in [-0.1, -0.05) is 12.8 Å². The van der Waals surface area contributed by atoms with Gasteiger partial charge in [0.2, 0.25) is 5.91 Å². The number of rotatable bonds is 10. The molecule has 0 rings (SSSR count). The molecule has 0 saturated carbocycles. The summed E-state index contributed by atoms with van der Waals surface area (Å²) in [6.45, 7) is -0.0311. The summed E-state index contributed by atoms with van der Waals surface area (Å²) in [4.78, 5) is 23.1. The van der Waals surface area contributed by atoms with Crippen molar-refractivity contribution in [1.29, 1.82) is 0 Å². The normalized spacial score (nSPS) is 10.7. The van der Waals surface area contributed by atoms with Crippen molar-refractivity contribution in [3.8, 4) is 0 Å². The van der Waals surface area contributed by atoms with Crippen LogP contribution in [-0.2, 0) is 19.7 Å². The molecule has 20 heavy (non-hydrogen) atoms. The summed E-state index contributed by atoms with van der Waals surface area (Å²) < 4.78 is 29.6. The van der Waals surface area contributed by atoms with Gasteiger partial charge < -0.3 is 11.4 Å². The fourth-order valence-corrected chi connectivity index (χ4v) is 1.98. The molecule has 0 aliphatic carbocycles. The Morgan fingerprint density at radius 3 is 2.05 bits per heavy atom. The van der Waals surface area contributed by atoms with Crippen molar-refractivity contribution in [3.63, 3.8) is 0 Å². The molecule has 0 aromatic rings. The van der Waals surface area contributed by atoms with Gasteiger partial charge in [0.25, 0.3) is 10.1 Å². The maximum absolute atomic E-state index is 11.6. The first kappa shape index (κ1) is 22.1. The van der Waals surface area contributed by atoms with Crippen molar-refractivity contribution < 1.29 is 58.7 Å². The molecule has 0 atom stereocenters. The maximum Gasteiger partial charge on any atom is 1.00 e. The van der Waals surface area contributed by atoms with Crippen molar-refractivity contribution in [2.45, 2.75) is 38.5 Å². The van der Waals surface area contributed by atoms with Gasteiger partial charge in [0, 0.05) is 26.4 Å².